The van der Waals surface area contributed by atoms with Gasteiger partial charge in [-0.25, -0.2) is 0 Å². The average Bonchev–Trinajstić information content (AvgIpc) is 2.56. The third kappa shape index (κ3) is 2.43. The van der Waals surface area contributed by atoms with Crippen LogP contribution in [0, 0.1) is 18.3 Å². The topological polar surface area (TPSA) is 29.1 Å². The van der Waals surface area contributed by atoms with Crippen LogP contribution in [-0.4, -0.2) is 12.5 Å². The molecule has 1 rings (SSSR count). The number of carbonyl (C=O) groups is 1. The fourth-order valence-electron chi connectivity index (χ4n) is 1.23. The number of hydrogen-bond acceptors (Lipinski definition) is 1. The van der Waals surface area contributed by atoms with Crippen LogP contribution >= 0.6 is 0 Å². The van der Waals surface area contributed by atoms with E-state index >= 15 is 0 Å². The van der Waals surface area contributed by atoms with E-state index in [4.69, 9.17) is 6.42 Å². The molecular weight excluding hydrogens is 150 g/mol. The lowest BCUT2D eigenvalue weighted by molar-refractivity contribution is -0.124. The van der Waals surface area contributed by atoms with E-state index in [2.05, 4.69) is 11.2 Å². The van der Waals surface area contributed by atoms with Crippen LogP contribution in [0.15, 0.2) is 12.2 Å². The lowest BCUT2D eigenvalue weighted by Gasteiger charge is -2.08. The fraction of sp³-hybridized carbons (Fsp3) is 0.500. The molecule has 12 heavy (non-hydrogen) atoms. The monoisotopic (exact) mass is 163 g/mol. The summed E-state index contributed by atoms with van der Waals surface area (Å²) in [5.74, 6) is 2.77. The van der Waals surface area contributed by atoms with Crippen molar-refractivity contribution in [3.63, 3.8) is 0 Å². The van der Waals surface area contributed by atoms with Gasteiger partial charge in [0.15, 0.2) is 0 Å². The molecule has 2 heteroatoms. The number of nitrogens with one attached hydrogen (secondary N) is 1. The van der Waals surface area contributed by atoms with Crippen LogP contribution in [0.2, 0.25) is 0 Å². The lowest BCUT2D eigenvalue weighted by atomic mass is 10.1. The molecule has 64 valence electrons. The van der Waals surface area contributed by atoms with Crippen molar-refractivity contribution in [1.82, 2.24) is 5.32 Å². The molecule has 0 saturated carbocycles. The summed E-state index contributed by atoms with van der Waals surface area (Å²) in [4.78, 5) is 11.3. The molecule has 0 saturated heterocycles. The van der Waals surface area contributed by atoms with Gasteiger partial charge in [0.25, 0.3) is 0 Å². The van der Waals surface area contributed by atoms with Crippen molar-refractivity contribution in [2.75, 3.05) is 6.54 Å². The van der Waals surface area contributed by atoms with Gasteiger partial charge in [0, 0.05) is 18.9 Å². The number of carbonyl (C=O) groups excluding carboxylic acids is 1. The maximum Gasteiger partial charge on any atom is 0.223 e. The zero-order valence-electron chi connectivity index (χ0n) is 7.05. The Bertz CT molecular complexity index is 216. The number of rotatable bonds is 3. The van der Waals surface area contributed by atoms with Crippen molar-refractivity contribution in [1.29, 1.82) is 0 Å². The largest absolute Gasteiger partial charge is 0.355 e. The second kappa shape index (κ2) is 4.61. The summed E-state index contributed by atoms with van der Waals surface area (Å²) in [5, 5.41) is 2.80. The Morgan fingerprint density at radius 1 is 1.58 bits per heavy atom. The average molecular weight is 163 g/mol. The number of terminal acetylenes is 1. The predicted octanol–water partition coefficient (Wildman–Crippen LogP) is 1.09. The van der Waals surface area contributed by atoms with Gasteiger partial charge in [-0.3, -0.25) is 4.79 Å². The molecule has 0 fully saturated rings. The Balaban J connectivity index is 2.16. The molecule has 0 aliphatic heterocycles. The first-order valence-electron chi connectivity index (χ1n) is 4.20. The molecule has 1 amide bonds. The summed E-state index contributed by atoms with van der Waals surface area (Å²) in [6.45, 7) is 0.603. The van der Waals surface area contributed by atoms with Crippen LogP contribution in [0.4, 0.5) is 0 Å². The predicted molar refractivity (Wildman–Crippen MR) is 48.3 cm³/mol. The zero-order chi connectivity index (χ0) is 8.81. The Hall–Kier alpha value is -1.23. The molecule has 1 N–H and O–H groups in total. The van der Waals surface area contributed by atoms with Crippen LogP contribution in [0.1, 0.15) is 19.3 Å². The highest BCUT2D eigenvalue weighted by Gasteiger charge is 2.17. The molecule has 0 heterocycles. The van der Waals surface area contributed by atoms with Gasteiger partial charge in [0.2, 0.25) is 5.91 Å². The molecule has 1 aliphatic carbocycles. The van der Waals surface area contributed by atoms with Gasteiger partial charge in [0.1, 0.15) is 0 Å². The van der Waals surface area contributed by atoms with E-state index in [1.54, 1.807) is 0 Å². The molecule has 1 aliphatic rings. The Labute approximate surface area is 73.0 Å². The van der Waals surface area contributed by atoms with Crippen LogP contribution < -0.4 is 5.32 Å². The first-order chi connectivity index (χ1) is 5.84. The van der Waals surface area contributed by atoms with E-state index in [-0.39, 0.29) is 11.8 Å². The highest BCUT2D eigenvalue weighted by Crippen LogP contribution is 2.17. The summed E-state index contributed by atoms with van der Waals surface area (Å²) in [5.41, 5.74) is 0. The van der Waals surface area contributed by atoms with Gasteiger partial charge >= 0.3 is 0 Å². The molecule has 0 aromatic rings. The van der Waals surface area contributed by atoms with Crippen molar-refractivity contribution in [3.05, 3.63) is 12.2 Å². The molecule has 0 aromatic carbocycles. The standard InChI is InChI=1S/C10H13NO/c1-2-3-8-11-10(12)9-6-4-5-7-9/h1,4-5,9H,3,6-8H2,(H,11,12). The van der Waals surface area contributed by atoms with Gasteiger partial charge in [-0.05, 0) is 12.8 Å². The third-order valence-electron chi connectivity index (χ3n) is 1.95. The second-order valence-corrected chi connectivity index (χ2v) is 2.88. The summed E-state index contributed by atoms with van der Waals surface area (Å²) >= 11 is 0. The van der Waals surface area contributed by atoms with Gasteiger partial charge in [-0.2, -0.15) is 0 Å². The first-order valence-corrected chi connectivity index (χ1v) is 4.20. The van der Waals surface area contributed by atoms with E-state index < -0.39 is 0 Å². The third-order valence-corrected chi connectivity index (χ3v) is 1.95. The van der Waals surface area contributed by atoms with Crippen LogP contribution in [-0.2, 0) is 4.79 Å². The lowest BCUT2D eigenvalue weighted by Crippen LogP contribution is -2.29. The Morgan fingerprint density at radius 3 is 2.83 bits per heavy atom. The molecular formula is C10H13NO. The molecule has 2 nitrogen and oxygen atoms in total. The van der Waals surface area contributed by atoms with E-state index in [0.717, 1.165) is 12.8 Å². The number of amides is 1. The van der Waals surface area contributed by atoms with Gasteiger partial charge in [0.05, 0.1) is 0 Å². The summed E-state index contributed by atoms with van der Waals surface area (Å²) in [6, 6.07) is 0. The van der Waals surface area contributed by atoms with E-state index in [0.29, 0.717) is 13.0 Å². The molecule has 0 bridgehead atoms. The summed E-state index contributed by atoms with van der Waals surface area (Å²) in [6.07, 6.45) is 11.5. The van der Waals surface area contributed by atoms with Gasteiger partial charge in [-0.15, -0.1) is 12.3 Å². The normalized spacial score (nSPS) is 15.9. The van der Waals surface area contributed by atoms with E-state index in [1.807, 2.05) is 12.2 Å². The van der Waals surface area contributed by atoms with Crippen molar-refractivity contribution in [3.8, 4) is 12.3 Å². The van der Waals surface area contributed by atoms with Crippen LogP contribution in [0.5, 0.6) is 0 Å². The van der Waals surface area contributed by atoms with E-state index in [9.17, 15) is 4.79 Å². The van der Waals surface area contributed by atoms with E-state index in [1.165, 1.54) is 0 Å². The van der Waals surface area contributed by atoms with Crippen molar-refractivity contribution in [2.45, 2.75) is 19.3 Å². The quantitative estimate of drug-likeness (QED) is 0.376. The van der Waals surface area contributed by atoms with Crippen LogP contribution in [0.25, 0.3) is 0 Å². The first kappa shape index (κ1) is 8.86. The number of hydrogen-bond donors (Lipinski definition) is 1. The Kier molecular flexibility index (Phi) is 3.40. The molecule has 0 unspecified atom stereocenters. The minimum absolute atomic E-state index is 0.134. The van der Waals surface area contributed by atoms with Crippen LogP contribution in [0.3, 0.4) is 0 Å². The summed E-state index contributed by atoms with van der Waals surface area (Å²) < 4.78 is 0. The number of allylic oxidation sites excluding steroid dienone is 2. The fourth-order valence-corrected chi connectivity index (χ4v) is 1.23. The smallest absolute Gasteiger partial charge is 0.223 e. The maximum absolute atomic E-state index is 11.3. The van der Waals surface area contributed by atoms with Gasteiger partial charge in [-0.1, -0.05) is 12.2 Å². The van der Waals surface area contributed by atoms with Crippen molar-refractivity contribution < 1.29 is 4.79 Å². The SMILES string of the molecule is C#CCCNC(=O)C1CC=CC1. The zero-order valence-corrected chi connectivity index (χ0v) is 7.05. The second-order valence-electron chi connectivity index (χ2n) is 2.88. The minimum atomic E-state index is 0.134. The summed E-state index contributed by atoms with van der Waals surface area (Å²) in [7, 11) is 0. The molecule has 0 aromatic heterocycles. The maximum atomic E-state index is 11.3. The minimum Gasteiger partial charge on any atom is -0.355 e. The molecule has 0 radical (unpaired) electrons. The Morgan fingerprint density at radius 2 is 2.25 bits per heavy atom. The molecule has 0 spiro atoms. The molecule has 0 atom stereocenters. The highest BCUT2D eigenvalue weighted by molar-refractivity contribution is 5.79. The highest BCUT2D eigenvalue weighted by atomic mass is 16.1. The van der Waals surface area contributed by atoms with Gasteiger partial charge < -0.3 is 5.32 Å². The van der Waals surface area contributed by atoms with Crippen molar-refractivity contribution >= 4 is 5.91 Å². The van der Waals surface area contributed by atoms with Crippen molar-refractivity contribution in [2.24, 2.45) is 5.92 Å².